The molecular weight excluding hydrogens is 366 g/mol. The zero-order chi connectivity index (χ0) is 18.5. The number of nitrogens with one attached hydrogen (secondary N) is 2. The highest BCUT2D eigenvalue weighted by molar-refractivity contribution is 7.80. The van der Waals surface area contributed by atoms with E-state index in [1.165, 1.54) is 44.9 Å². The average molecular weight is 396 g/mol. The molecule has 1 aromatic rings. The summed E-state index contributed by atoms with van der Waals surface area (Å²) in [5.41, 5.74) is 0. The Morgan fingerprint density at radius 3 is 2.42 bits per heavy atom. The van der Waals surface area contributed by atoms with Crippen molar-refractivity contribution in [1.29, 1.82) is 0 Å². The van der Waals surface area contributed by atoms with Crippen LogP contribution in [0.25, 0.3) is 0 Å². The van der Waals surface area contributed by atoms with Gasteiger partial charge in [-0.15, -0.1) is 0 Å². The second-order valence-corrected chi connectivity index (χ2v) is 8.81. The summed E-state index contributed by atoms with van der Waals surface area (Å²) in [5, 5.41) is 7.60. The summed E-state index contributed by atoms with van der Waals surface area (Å²) < 4.78 is 0. The molecule has 2 N–H and O–H groups in total. The number of hydrogen-bond donors (Lipinski definition) is 2. The predicted molar refractivity (Wildman–Crippen MR) is 113 cm³/mol. The molecule has 3 rings (SSSR count). The highest BCUT2D eigenvalue weighted by atomic mass is 35.5. The Bertz CT molecular complexity index is 608. The summed E-state index contributed by atoms with van der Waals surface area (Å²) in [6.45, 7) is 6.58. The van der Waals surface area contributed by atoms with Gasteiger partial charge in [0.05, 0.1) is 0 Å². The third-order valence-electron chi connectivity index (χ3n) is 5.29. The molecule has 2 atom stereocenters. The second-order valence-electron chi connectivity index (χ2n) is 8.01. The van der Waals surface area contributed by atoms with E-state index in [4.69, 9.17) is 23.8 Å². The summed E-state index contributed by atoms with van der Waals surface area (Å²) in [4.78, 5) is 11.3. The van der Waals surface area contributed by atoms with Crippen LogP contribution in [0.1, 0.15) is 58.8 Å². The molecule has 1 saturated heterocycles. The van der Waals surface area contributed by atoms with Crippen molar-refractivity contribution < 1.29 is 0 Å². The van der Waals surface area contributed by atoms with Crippen LogP contribution in [-0.4, -0.2) is 34.2 Å². The highest BCUT2D eigenvalue weighted by Crippen LogP contribution is 2.27. The van der Waals surface area contributed by atoms with Crippen LogP contribution in [0.2, 0.25) is 5.15 Å². The van der Waals surface area contributed by atoms with Crippen molar-refractivity contribution in [3.05, 3.63) is 11.2 Å². The maximum Gasteiger partial charge on any atom is 0.232 e. The van der Waals surface area contributed by atoms with Crippen molar-refractivity contribution in [3.8, 4) is 0 Å². The molecule has 1 aliphatic heterocycles. The second kappa shape index (κ2) is 9.18. The number of rotatable bonds is 3. The molecule has 1 aliphatic carbocycles. The molecule has 0 bridgehead atoms. The van der Waals surface area contributed by atoms with Crippen molar-refractivity contribution in [2.24, 2.45) is 11.8 Å². The molecule has 0 radical (unpaired) electrons. The lowest BCUT2D eigenvalue weighted by Gasteiger charge is -2.35. The smallest absolute Gasteiger partial charge is 0.232 e. The zero-order valence-corrected chi connectivity index (χ0v) is 17.4. The fourth-order valence-corrected chi connectivity index (χ4v) is 4.66. The van der Waals surface area contributed by atoms with Gasteiger partial charge in [-0.3, -0.25) is 0 Å². The van der Waals surface area contributed by atoms with Crippen molar-refractivity contribution in [3.63, 3.8) is 0 Å². The van der Waals surface area contributed by atoms with Gasteiger partial charge in [0.15, 0.2) is 5.11 Å². The van der Waals surface area contributed by atoms with Crippen molar-refractivity contribution in [1.82, 2.24) is 15.3 Å². The number of aromatic nitrogens is 2. The normalized spacial score (nSPS) is 24.8. The Morgan fingerprint density at radius 1 is 1.12 bits per heavy atom. The standard InChI is InChI=1S/C19H30ClN5S/c1-13-9-14(2)12-25(11-13)17-10-16(20)22-18(23-17)24-19(26)21-15-7-5-3-4-6-8-15/h10,13-15H,3-9,11-12H2,1-2H3,(H2,21,22,23,24,26)/t13-,14-/m1/s1. The largest absolute Gasteiger partial charge is 0.360 e. The number of thiocarbonyl (C=S) groups is 1. The monoisotopic (exact) mass is 395 g/mol. The molecule has 2 heterocycles. The minimum absolute atomic E-state index is 0.444. The Kier molecular flexibility index (Phi) is 6.92. The third kappa shape index (κ3) is 5.68. The topological polar surface area (TPSA) is 53.1 Å². The fourth-order valence-electron chi connectivity index (χ4n) is 4.22. The Balaban J connectivity index is 1.64. The van der Waals surface area contributed by atoms with Crippen LogP contribution in [0.4, 0.5) is 11.8 Å². The van der Waals surface area contributed by atoms with E-state index < -0.39 is 0 Å². The Morgan fingerprint density at radius 2 is 1.77 bits per heavy atom. The van der Waals surface area contributed by atoms with Crippen LogP contribution in [0.5, 0.6) is 0 Å². The van der Waals surface area contributed by atoms with E-state index in [-0.39, 0.29) is 0 Å². The SMILES string of the molecule is C[C@@H]1C[C@@H](C)CN(c2cc(Cl)nc(NC(=S)NC3CCCCCC3)n2)C1. The maximum atomic E-state index is 6.26. The molecule has 0 aromatic carbocycles. The number of anilines is 2. The van der Waals surface area contributed by atoms with Crippen LogP contribution in [0, 0.1) is 11.8 Å². The van der Waals surface area contributed by atoms with E-state index in [1.54, 1.807) is 0 Å². The lowest BCUT2D eigenvalue weighted by Crippen LogP contribution is -2.40. The molecule has 0 amide bonds. The van der Waals surface area contributed by atoms with Gasteiger partial charge in [0.1, 0.15) is 11.0 Å². The van der Waals surface area contributed by atoms with Crippen molar-refractivity contribution >= 4 is 40.7 Å². The Hall–Kier alpha value is -1.14. The molecule has 5 nitrogen and oxygen atoms in total. The minimum atomic E-state index is 0.444. The van der Waals surface area contributed by atoms with Gasteiger partial charge >= 0.3 is 0 Å². The first kappa shape index (κ1) is 19.6. The molecule has 1 saturated carbocycles. The molecule has 1 aromatic heterocycles. The average Bonchev–Trinajstić information content (AvgIpc) is 2.82. The molecule has 0 unspecified atom stereocenters. The molecule has 144 valence electrons. The molecule has 2 fully saturated rings. The summed E-state index contributed by atoms with van der Waals surface area (Å²) in [7, 11) is 0. The van der Waals surface area contributed by atoms with Gasteiger partial charge in [0, 0.05) is 25.2 Å². The van der Waals surface area contributed by atoms with Crippen LogP contribution in [0.15, 0.2) is 6.07 Å². The van der Waals surface area contributed by atoms with Gasteiger partial charge in [-0.25, -0.2) is 4.98 Å². The van der Waals surface area contributed by atoms with Gasteiger partial charge in [-0.1, -0.05) is 51.1 Å². The fraction of sp³-hybridized carbons (Fsp3) is 0.737. The van der Waals surface area contributed by atoms with E-state index in [0.29, 0.717) is 34.1 Å². The number of piperidine rings is 1. The number of nitrogens with zero attached hydrogens (tertiary/aromatic N) is 3. The third-order valence-corrected chi connectivity index (χ3v) is 5.70. The number of halogens is 1. The van der Waals surface area contributed by atoms with E-state index in [1.807, 2.05) is 6.07 Å². The van der Waals surface area contributed by atoms with E-state index in [2.05, 4.69) is 39.3 Å². The first-order valence-electron chi connectivity index (χ1n) is 9.86. The summed E-state index contributed by atoms with van der Waals surface area (Å²) in [6.07, 6.45) is 8.79. The van der Waals surface area contributed by atoms with Gasteiger partial charge < -0.3 is 15.5 Å². The molecule has 0 spiro atoms. The lowest BCUT2D eigenvalue weighted by atomic mass is 9.92. The van der Waals surface area contributed by atoms with Crippen LogP contribution in [-0.2, 0) is 0 Å². The maximum absolute atomic E-state index is 6.26. The summed E-state index contributed by atoms with van der Waals surface area (Å²) in [5.74, 6) is 2.66. The van der Waals surface area contributed by atoms with Gasteiger partial charge in [0.2, 0.25) is 5.95 Å². The first-order chi connectivity index (χ1) is 12.5. The van der Waals surface area contributed by atoms with Gasteiger partial charge in [0.25, 0.3) is 0 Å². The highest BCUT2D eigenvalue weighted by Gasteiger charge is 2.23. The number of hydrogen-bond acceptors (Lipinski definition) is 4. The van der Waals surface area contributed by atoms with Crippen LogP contribution in [0.3, 0.4) is 0 Å². The zero-order valence-electron chi connectivity index (χ0n) is 15.8. The van der Waals surface area contributed by atoms with E-state index in [0.717, 1.165) is 18.9 Å². The summed E-state index contributed by atoms with van der Waals surface area (Å²) >= 11 is 11.7. The van der Waals surface area contributed by atoms with E-state index >= 15 is 0 Å². The molecule has 26 heavy (non-hydrogen) atoms. The van der Waals surface area contributed by atoms with E-state index in [9.17, 15) is 0 Å². The van der Waals surface area contributed by atoms with Crippen LogP contribution < -0.4 is 15.5 Å². The predicted octanol–water partition coefficient (Wildman–Crippen LogP) is 4.62. The summed E-state index contributed by atoms with van der Waals surface area (Å²) in [6, 6.07) is 2.29. The van der Waals surface area contributed by atoms with Crippen molar-refractivity contribution in [2.75, 3.05) is 23.3 Å². The first-order valence-corrected chi connectivity index (χ1v) is 10.7. The van der Waals surface area contributed by atoms with Crippen LogP contribution >= 0.6 is 23.8 Å². The van der Waals surface area contributed by atoms with Crippen molar-refractivity contribution in [2.45, 2.75) is 64.8 Å². The molecule has 2 aliphatic rings. The Labute approximate surface area is 167 Å². The lowest BCUT2D eigenvalue weighted by molar-refractivity contribution is 0.355. The van der Waals surface area contributed by atoms with Gasteiger partial charge in [-0.05, 0) is 43.3 Å². The minimum Gasteiger partial charge on any atom is -0.360 e. The quantitative estimate of drug-likeness (QED) is 0.442. The molecular formula is C19H30ClN5S. The van der Waals surface area contributed by atoms with Gasteiger partial charge in [-0.2, -0.15) is 4.98 Å². The molecule has 7 heteroatoms.